The van der Waals surface area contributed by atoms with Crippen LogP contribution in [0.3, 0.4) is 0 Å². The van der Waals surface area contributed by atoms with Gasteiger partial charge in [0, 0.05) is 6.42 Å². The molecule has 0 saturated carbocycles. The number of carbonyl (C=O) groups excluding carboxylic acids is 1. The number of esters is 1. The minimum absolute atomic E-state index is 0.222. The van der Waals surface area contributed by atoms with E-state index in [2.05, 4.69) is 4.74 Å². The van der Waals surface area contributed by atoms with Gasteiger partial charge in [-0.25, -0.2) is 9.59 Å². The van der Waals surface area contributed by atoms with E-state index in [9.17, 15) is 14.4 Å². The summed E-state index contributed by atoms with van der Waals surface area (Å²) in [6.07, 6.45) is -1.01. The van der Waals surface area contributed by atoms with E-state index in [-0.39, 0.29) is 6.42 Å². The first-order valence-electron chi connectivity index (χ1n) is 5.11. The molecule has 0 heterocycles. The maximum Gasteiger partial charge on any atom is 0.332 e. The molecule has 0 aromatic rings. The molecule has 0 bridgehead atoms. The first kappa shape index (κ1) is 21.6. The van der Waals surface area contributed by atoms with Gasteiger partial charge in [-0.1, -0.05) is 6.92 Å². The Kier molecular flexibility index (Phi) is 18.4. The maximum absolute atomic E-state index is 9.94. The number of aliphatic carboxylic acids is 2. The molecule has 0 saturated heterocycles. The van der Waals surface area contributed by atoms with Gasteiger partial charge < -0.3 is 25.2 Å². The van der Waals surface area contributed by atoms with Crippen molar-refractivity contribution in [3.8, 4) is 0 Å². The lowest BCUT2D eigenvalue weighted by molar-refractivity contribution is -0.146. The van der Waals surface area contributed by atoms with Gasteiger partial charge >= 0.3 is 17.9 Å². The molecule has 0 spiro atoms. The summed E-state index contributed by atoms with van der Waals surface area (Å²) in [5.74, 6) is -2.50. The number of carbonyl (C=O) groups is 3. The van der Waals surface area contributed by atoms with Crippen LogP contribution in [0.4, 0.5) is 0 Å². The second-order valence-electron chi connectivity index (χ2n) is 2.72. The van der Waals surface area contributed by atoms with Crippen LogP contribution in [0.2, 0.25) is 0 Å². The van der Waals surface area contributed by atoms with E-state index >= 15 is 0 Å². The van der Waals surface area contributed by atoms with Gasteiger partial charge in [0.05, 0.1) is 6.61 Å². The Morgan fingerprint density at radius 2 is 1.50 bits per heavy atom. The van der Waals surface area contributed by atoms with Gasteiger partial charge in [-0.2, -0.15) is 0 Å². The molecule has 0 aliphatic rings. The van der Waals surface area contributed by atoms with Gasteiger partial charge in [0.25, 0.3) is 0 Å². The SMILES string of the molecule is CC(O)C(=O)O.CCC(=O)O.CCOC(=O)CO. The third-order valence-electron chi connectivity index (χ3n) is 1.09. The first-order valence-corrected chi connectivity index (χ1v) is 5.11. The topological polar surface area (TPSA) is 141 Å². The highest BCUT2D eigenvalue weighted by atomic mass is 16.5. The number of carboxylic acids is 2. The largest absolute Gasteiger partial charge is 0.481 e. The molecule has 0 amide bonds. The molecule has 1 unspecified atom stereocenters. The van der Waals surface area contributed by atoms with E-state index < -0.39 is 30.6 Å². The number of hydrogen-bond donors (Lipinski definition) is 4. The third kappa shape index (κ3) is 29.3. The summed E-state index contributed by atoms with van der Waals surface area (Å²) in [4.78, 5) is 28.8. The van der Waals surface area contributed by atoms with Gasteiger partial charge in [0.1, 0.15) is 12.7 Å². The van der Waals surface area contributed by atoms with Crippen LogP contribution in [0.15, 0.2) is 0 Å². The molecule has 4 N–H and O–H groups in total. The fraction of sp³-hybridized carbons (Fsp3) is 0.700. The second-order valence-corrected chi connectivity index (χ2v) is 2.72. The zero-order chi connectivity index (χ0) is 15.1. The number of hydrogen-bond acceptors (Lipinski definition) is 6. The Morgan fingerprint density at radius 3 is 1.56 bits per heavy atom. The highest BCUT2D eigenvalue weighted by molar-refractivity contribution is 5.71. The molecule has 0 aliphatic heterocycles. The Labute approximate surface area is 105 Å². The maximum atomic E-state index is 9.94. The van der Waals surface area contributed by atoms with Crippen molar-refractivity contribution in [3.05, 3.63) is 0 Å². The lowest BCUT2D eigenvalue weighted by atomic mass is 10.4. The molecule has 0 aromatic carbocycles. The van der Waals surface area contributed by atoms with Crippen LogP contribution in [0.5, 0.6) is 0 Å². The van der Waals surface area contributed by atoms with Crippen LogP contribution in [-0.2, 0) is 19.1 Å². The summed E-state index contributed by atoms with van der Waals surface area (Å²) in [6.45, 7) is 4.30. The molecule has 108 valence electrons. The van der Waals surface area contributed by atoms with E-state index in [1.807, 2.05) is 0 Å². The van der Waals surface area contributed by atoms with Crippen molar-refractivity contribution >= 4 is 17.9 Å². The second kappa shape index (κ2) is 15.3. The predicted molar refractivity (Wildman–Crippen MR) is 61.0 cm³/mol. The van der Waals surface area contributed by atoms with Gasteiger partial charge in [-0.3, -0.25) is 4.79 Å². The molecule has 0 radical (unpaired) electrons. The van der Waals surface area contributed by atoms with E-state index in [0.717, 1.165) is 0 Å². The molecule has 0 aliphatic carbocycles. The summed E-state index contributed by atoms with van der Waals surface area (Å²) < 4.78 is 4.30. The van der Waals surface area contributed by atoms with Crippen LogP contribution < -0.4 is 0 Å². The summed E-state index contributed by atoms with van der Waals surface area (Å²) in [7, 11) is 0. The monoisotopic (exact) mass is 268 g/mol. The molecular formula is C10H20O8. The lowest BCUT2D eigenvalue weighted by Crippen LogP contribution is -2.13. The van der Waals surface area contributed by atoms with Crippen LogP contribution in [-0.4, -0.2) is 57.7 Å². The Balaban J connectivity index is -0.000000190. The summed E-state index contributed by atoms with van der Waals surface area (Å²) in [6, 6.07) is 0. The number of rotatable bonds is 4. The van der Waals surface area contributed by atoms with Crippen molar-refractivity contribution < 1.29 is 39.5 Å². The standard InChI is InChI=1S/C4H8O3.C3H6O3.C3H6O2/c1-2-7-4(6)3-5;1-2(4)3(5)6;1-2-3(4)5/h5H,2-3H2,1H3;2,4H,1H3,(H,5,6);2H2,1H3,(H,4,5). The smallest absolute Gasteiger partial charge is 0.332 e. The number of aliphatic hydroxyl groups excluding tert-OH is 2. The molecule has 0 fully saturated rings. The molecular weight excluding hydrogens is 248 g/mol. The molecule has 18 heavy (non-hydrogen) atoms. The zero-order valence-corrected chi connectivity index (χ0v) is 10.6. The van der Waals surface area contributed by atoms with Crippen LogP contribution in [0.25, 0.3) is 0 Å². The Bertz CT molecular complexity index is 236. The molecule has 1 atom stereocenters. The van der Waals surface area contributed by atoms with Gasteiger partial charge in [0.15, 0.2) is 0 Å². The van der Waals surface area contributed by atoms with Gasteiger partial charge in [0.2, 0.25) is 0 Å². The van der Waals surface area contributed by atoms with Gasteiger partial charge in [-0.15, -0.1) is 0 Å². The summed E-state index contributed by atoms with van der Waals surface area (Å²) >= 11 is 0. The minimum atomic E-state index is -1.23. The zero-order valence-electron chi connectivity index (χ0n) is 10.6. The normalized spacial score (nSPS) is 9.83. The van der Waals surface area contributed by atoms with E-state index in [4.69, 9.17) is 20.4 Å². The van der Waals surface area contributed by atoms with Crippen molar-refractivity contribution in [2.24, 2.45) is 0 Å². The molecule has 8 heteroatoms. The van der Waals surface area contributed by atoms with E-state index in [0.29, 0.717) is 6.61 Å². The van der Waals surface area contributed by atoms with Crippen molar-refractivity contribution in [3.63, 3.8) is 0 Å². The third-order valence-corrected chi connectivity index (χ3v) is 1.09. The molecule has 0 aromatic heterocycles. The quantitative estimate of drug-likeness (QED) is 0.499. The first-order chi connectivity index (χ1) is 8.22. The van der Waals surface area contributed by atoms with Crippen LogP contribution in [0.1, 0.15) is 27.2 Å². The van der Waals surface area contributed by atoms with Crippen LogP contribution >= 0.6 is 0 Å². The summed E-state index contributed by atoms with van der Waals surface area (Å²) in [5.41, 5.74) is 0. The molecule has 8 nitrogen and oxygen atoms in total. The van der Waals surface area contributed by atoms with E-state index in [1.165, 1.54) is 6.92 Å². The Morgan fingerprint density at radius 1 is 1.17 bits per heavy atom. The van der Waals surface area contributed by atoms with Crippen molar-refractivity contribution in [2.75, 3.05) is 13.2 Å². The highest BCUT2D eigenvalue weighted by Gasteiger charge is 2.01. The Hall–Kier alpha value is -1.67. The van der Waals surface area contributed by atoms with Crippen molar-refractivity contribution in [1.29, 1.82) is 0 Å². The van der Waals surface area contributed by atoms with Crippen molar-refractivity contribution in [1.82, 2.24) is 0 Å². The average Bonchev–Trinajstić information content (AvgIpc) is 2.30. The summed E-state index contributed by atoms with van der Waals surface area (Å²) in [5, 5.41) is 31.5. The number of carboxylic acid groups (broad SMARTS) is 2. The average molecular weight is 268 g/mol. The van der Waals surface area contributed by atoms with E-state index in [1.54, 1.807) is 13.8 Å². The van der Waals surface area contributed by atoms with Gasteiger partial charge in [-0.05, 0) is 13.8 Å². The minimum Gasteiger partial charge on any atom is -0.481 e. The molecule has 0 rings (SSSR count). The fourth-order valence-electron chi connectivity index (χ4n) is 0.207. The van der Waals surface area contributed by atoms with Crippen molar-refractivity contribution in [2.45, 2.75) is 33.3 Å². The lowest BCUT2D eigenvalue weighted by Gasteiger charge is -1.93. The fourth-order valence-corrected chi connectivity index (χ4v) is 0.207. The van der Waals surface area contributed by atoms with Crippen LogP contribution in [0, 0.1) is 0 Å². The predicted octanol–water partition coefficient (Wildman–Crippen LogP) is -0.525. The number of ether oxygens (including phenoxy) is 1. The number of aliphatic hydroxyl groups is 2. The highest BCUT2D eigenvalue weighted by Crippen LogP contribution is 1.73.